The Bertz CT molecular complexity index is 2280. The van der Waals surface area contributed by atoms with Crippen molar-refractivity contribution >= 4 is 53.3 Å². The third-order valence-electron chi connectivity index (χ3n) is 9.18. The van der Waals surface area contributed by atoms with Gasteiger partial charge in [0, 0.05) is 36.5 Å². The molecule has 0 saturated carbocycles. The summed E-state index contributed by atoms with van der Waals surface area (Å²) in [5.74, 6) is 0.916. The van der Waals surface area contributed by atoms with Crippen LogP contribution in [0.4, 0.5) is 0 Å². The lowest BCUT2D eigenvalue weighted by Crippen LogP contribution is -1.99. The summed E-state index contributed by atoms with van der Waals surface area (Å²) in [5.41, 5.74) is 11.5. The molecule has 0 radical (unpaired) electrons. The second kappa shape index (κ2) is 10.5. The van der Waals surface area contributed by atoms with Crippen molar-refractivity contribution in [2.75, 3.05) is 0 Å². The van der Waals surface area contributed by atoms with Gasteiger partial charge in [-0.1, -0.05) is 119 Å². The molecule has 0 bridgehead atoms. The fraction of sp³-hybridized carbons (Fsp3) is 0.143. The summed E-state index contributed by atoms with van der Waals surface area (Å²) in [5, 5.41) is 5.29. The minimum absolute atomic E-state index is 0.458. The van der Waals surface area contributed by atoms with Gasteiger partial charge >= 0.3 is 0 Å². The first-order chi connectivity index (χ1) is 21.5. The van der Waals surface area contributed by atoms with Gasteiger partial charge in [-0.3, -0.25) is 0 Å². The van der Waals surface area contributed by atoms with Gasteiger partial charge < -0.3 is 4.57 Å². The Hall–Kier alpha value is -4.66. The van der Waals surface area contributed by atoms with Crippen LogP contribution < -0.4 is 0 Å². The van der Waals surface area contributed by atoms with E-state index in [1.165, 1.54) is 81.0 Å². The van der Waals surface area contributed by atoms with E-state index in [-0.39, 0.29) is 0 Å². The number of aromatic nitrogens is 1. The Morgan fingerprint density at radius 1 is 0.477 bits per heavy atom. The van der Waals surface area contributed by atoms with Crippen LogP contribution >= 0.6 is 11.3 Å². The lowest BCUT2D eigenvalue weighted by molar-refractivity contribution is 0.867. The standard InChI is InChI=1S/C42H35NS/c1-26(2)28-19-21-34-35-22-20-29(27(3)4)25-39(35)43(38(34)24-28)37-16-7-5-13-32(37)30-11-9-12-31(23-30)33-15-10-18-41-42(33)36-14-6-8-17-40(36)44-41/h5-27H,1-4H3. The minimum atomic E-state index is 0.458. The maximum atomic E-state index is 2.51. The number of hydrogen-bond donors (Lipinski definition) is 0. The summed E-state index contributed by atoms with van der Waals surface area (Å²) in [6.45, 7) is 9.12. The van der Waals surface area contributed by atoms with Gasteiger partial charge in [-0.2, -0.15) is 0 Å². The van der Waals surface area contributed by atoms with Crippen LogP contribution in [-0.4, -0.2) is 4.57 Å². The molecule has 0 saturated heterocycles. The van der Waals surface area contributed by atoms with Crippen LogP contribution in [0.5, 0.6) is 0 Å². The lowest BCUT2D eigenvalue weighted by Gasteiger charge is -2.16. The van der Waals surface area contributed by atoms with Gasteiger partial charge in [0.05, 0.1) is 16.7 Å². The predicted octanol–water partition coefficient (Wildman–Crippen LogP) is 12.7. The molecule has 2 aromatic heterocycles. The predicted molar refractivity (Wildman–Crippen MR) is 193 cm³/mol. The van der Waals surface area contributed by atoms with Crippen LogP contribution in [0.2, 0.25) is 0 Å². The molecule has 0 atom stereocenters. The molecule has 2 heterocycles. The van der Waals surface area contributed by atoms with Crippen molar-refractivity contribution in [2.45, 2.75) is 39.5 Å². The highest BCUT2D eigenvalue weighted by Gasteiger charge is 2.18. The van der Waals surface area contributed by atoms with Gasteiger partial charge in [-0.15, -0.1) is 11.3 Å². The fourth-order valence-corrected chi connectivity index (χ4v) is 7.94. The van der Waals surface area contributed by atoms with Gasteiger partial charge in [0.15, 0.2) is 0 Å². The zero-order chi connectivity index (χ0) is 29.9. The van der Waals surface area contributed by atoms with Crippen molar-refractivity contribution in [1.29, 1.82) is 0 Å². The van der Waals surface area contributed by atoms with E-state index >= 15 is 0 Å². The Balaban J connectivity index is 1.38. The molecule has 0 aliphatic heterocycles. The van der Waals surface area contributed by atoms with Crippen LogP contribution in [0, 0.1) is 0 Å². The zero-order valence-corrected chi connectivity index (χ0v) is 26.5. The van der Waals surface area contributed by atoms with Crippen LogP contribution in [0.1, 0.15) is 50.7 Å². The first-order valence-corrected chi connectivity index (χ1v) is 16.5. The summed E-state index contributed by atoms with van der Waals surface area (Å²) < 4.78 is 5.18. The molecule has 44 heavy (non-hydrogen) atoms. The Labute approximate surface area is 263 Å². The van der Waals surface area contributed by atoms with E-state index < -0.39 is 0 Å². The van der Waals surface area contributed by atoms with Gasteiger partial charge in [-0.05, 0) is 76.1 Å². The molecule has 0 fully saturated rings. The molecule has 0 aliphatic carbocycles. The molecule has 2 heteroatoms. The number of fused-ring (bicyclic) bond motifs is 6. The third-order valence-corrected chi connectivity index (χ3v) is 10.3. The Kier molecular flexibility index (Phi) is 6.43. The van der Waals surface area contributed by atoms with Crippen molar-refractivity contribution < 1.29 is 0 Å². The second-order valence-electron chi connectivity index (χ2n) is 12.6. The van der Waals surface area contributed by atoms with Crippen LogP contribution in [-0.2, 0) is 0 Å². The monoisotopic (exact) mass is 585 g/mol. The summed E-state index contributed by atoms with van der Waals surface area (Å²) in [6, 6.07) is 47.6. The molecule has 0 unspecified atom stereocenters. The minimum Gasteiger partial charge on any atom is -0.309 e. The van der Waals surface area contributed by atoms with Crippen LogP contribution in [0.25, 0.3) is 69.9 Å². The molecule has 0 amide bonds. The first-order valence-electron chi connectivity index (χ1n) is 15.7. The quantitative estimate of drug-likeness (QED) is 0.189. The molecule has 8 aromatic rings. The molecule has 6 aromatic carbocycles. The van der Waals surface area contributed by atoms with Gasteiger partial charge in [0.25, 0.3) is 0 Å². The number of hydrogen-bond acceptors (Lipinski definition) is 1. The van der Waals surface area contributed by atoms with E-state index in [0.29, 0.717) is 11.8 Å². The highest BCUT2D eigenvalue weighted by atomic mass is 32.1. The molecule has 214 valence electrons. The van der Waals surface area contributed by atoms with Gasteiger partial charge in [0.2, 0.25) is 0 Å². The SMILES string of the molecule is CC(C)c1ccc2c3ccc(C(C)C)cc3n(-c3ccccc3-c3cccc(-c4cccc5sc6ccccc6c45)c3)c2c1. The van der Waals surface area contributed by atoms with E-state index in [2.05, 4.69) is 160 Å². The van der Waals surface area contributed by atoms with E-state index in [0.717, 1.165) is 0 Å². The fourth-order valence-electron chi connectivity index (χ4n) is 6.81. The van der Waals surface area contributed by atoms with Crippen molar-refractivity contribution in [3.05, 3.63) is 139 Å². The van der Waals surface area contributed by atoms with Crippen LogP contribution in [0.3, 0.4) is 0 Å². The highest BCUT2D eigenvalue weighted by molar-refractivity contribution is 7.25. The summed E-state index contributed by atoms with van der Waals surface area (Å²) >= 11 is 1.88. The second-order valence-corrected chi connectivity index (χ2v) is 13.7. The summed E-state index contributed by atoms with van der Waals surface area (Å²) in [6.07, 6.45) is 0. The van der Waals surface area contributed by atoms with E-state index in [9.17, 15) is 0 Å². The van der Waals surface area contributed by atoms with Crippen molar-refractivity contribution in [1.82, 2.24) is 4.57 Å². The number of para-hydroxylation sites is 1. The molecular weight excluding hydrogens is 551 g/mol. The molecule has 1 nitrogen and oxygen atoms in total. The first kappa shape index (κ1) is 26.9. The summed E-state index contributed by atoms with van der Waals surface area (Å²) in [7, 11) is 0. The molecule has 0 spiro atoms. The molecule has 8 rings (SSSR count). The van der Waals surface area contributed by atoms with Crippen molar-refractivity contribution in [3.63, 3.8) is 0 Å². The largest absolute Gasteiger partial charge is 0.309 e. The van der Waals surface area contributed by atoms with Crippen molar-refractivity contribution in [3.8, 4) is 27.9 Å². The lowest BCUT2D eigenvalue weighted by atomic mass is 9.95. The van der Waals surface area contributed by atoms with Crippen LogP contribution in [0.15, 0.2) is 127 Å². The average Bonchev–Trinajstić information content (AvgIpc) is 3.59. The smallest absolute Gasteiger partial charge is 0.0544 e. The van der Waals surface area contributed by atoms with Gasteiger partial charge in [-0.25, -0.2) is 0 Å². The average molecular weight is 586 g/mol. The molecule has 0 aliphatic rings. The van der Waals surface area contributed by atoms with E-state index in [1.54, 1.807) is 0 Å². The van der Waals surface area contributed by atoms with Gasteiger partial charge in [0.1, 0.15) is 0 Å². The molecule has 0 N–H and O–H groups in total. The normalized spacial score (nSPS) is 12.0. The Morgan fingerprint density at radius 3 is 1.75 bits per heavy atom. The Morgan fingerprint density at radius 2 is 1.05 bits per heavy atom. The topological polar surface area (TPSA) is 4.93 Å². The third kappa shape index (κ3) is 4.28. The number of nitrogens with zero attached hydrogens (tertiary/aromatic N) is 1. The number of benzene rings is 6. The molecular formula is C42H35NS. The van der Waals surface area contributed by atoms with Crippen molar-refractivity contribution in [2.24, 2.45) is 0 Å². The number of rotatable bonds is 5. The zero-order valence-electron chi connectivity index (χ0n) is 25.6. The van der Waals surface area contributed by atoms with E-state index in [1.807, 2.05) is 11.3 Å². The maximum absolute atomic E-state index is 2.51. The number of thiophene rings is 1. The summed E-state index contributed by atoms with van der Waals surface area (Å²) in [4.78, 5) is 0. The maximum Gasteiger partial charge on any atom is 0.0544 e. The highest BCUT2D eigenvalue weighted by Crippen LogP contribution is 2.42. The van der Waals surface area contributed by atoms with E-state index in [4.69, 9.17) is 0 Å².